The van der Waals surface area contributed by atoms with E-state index in [0.29, 0.717) is 22.4 Å². The quantitative estimate of drug-likeness (QED) is 0.316. The number of aromatic carboxylic acids is 1. The Morgan fingerprint density at radius 2 is 1.69 bits per heavy atom. The Morgan fingerprint density at radius 3 is 2.44 bits per heavy atom. The highest BCUT2D eigenvalue weighted by Gasteiger charge is 2.30. The molecule has 0 aromatic heterocycles. The van der Waals surface area contributed by atoms with Crippen LogP contribution in [0.25, 0.3) is 16.8 Å². The van der Waals surface area contributed by atoms with E-state index in [1.165, 1.54) is 39.6 Å². The second-order valence-corrected chi connectivity index (χ2v) is 9.23. The number of carbonyl (C=O) groups is 2. The van der Waals surface area contributed by atoms with Gasteiger partial charge in [0.2, 0.25) is 0 Å². The van der Waals surface area contributed by atoms with Gasteiger partial charge in [-0.05, 0) is 76.1 Å². The predicted octanol–water partition coefficient (Wildman–Crippen LogP) is 6.35. The van der Waals surface area contributed by atoms with E-state index in [-0.39, 0.29) is 11.5 Å². The summed E-state index contributed by atoms with van der Waals surface area (Å²) in [5, 5.41) is 11.9. The summed E-state index contributed by atoms with van der Waals surface area (Å²) >= 11 is 1.28. The van der Waals surface area contributed by atoms with Crippen molar-refractivity contribution in [2.75, 3.05) is 7.05 Å². The van der Waals surface area contributed by atoms with Crippen LogP contribution in [0, 0.1) is 0 Å². The predicted molar refractivity (Wildman–Crippen MR) is 144 cm³/mol. The van der Waals surface area contributed by atoms with E-state index in [4.69, 9.17) is 9.84 Å². The van der Waals surface area contributed by atoms with Crippen molar-refractivity contribution in [1.29, 1.82) is 0 Å². The van der Waals surface area contributed by atoms with Gasteiger partial charge >= 0.3 is 5.97 Å². The van der Waals surface area contributed by atoms with Gasteiger partial charge < -0.3 is 9.84 Å². The second kappa shape index (κ2) is 10.1. The normalized spacial score (nSPS) is 15.7. The Kier molecular flexibility index (Phi) is 6.56. The van der Waals surface area contributed by atoms with E-state index in [0.717, 1.165) is 16.9 Å². The molecule has 0 atom stereocenters. The molecule has 0 aliphatic carbocycles. The number of likely N-dealkylation sites (N-methyl/N-ethyl adjacent to an activating group) is 1. The van der Waals surface area contributed by atoms with Gasteiger partial charge in [0.15, 0.2) is 5.17 Å². The third-order valence-corrected chi connectivity index (χ3v) is 6.85. The minimum absolute atomic E-state index is 0.141. The van der Waals surface area contributed by atoms with Gasteiger partial charge in [-0.15, -0.1) is 0 Å². The number of fused-ring (bicyclic) bond motifs is 1. The van der Waals surface area contributed by atoms with Gasteiger partial charge in [0.25, 0.3) is 5.91 Å². The topological polar surface area (TPSA) is 79.2 Å². The molecule has 1 heterocycles. The molecule has 1 fully saturated rings. The molecule has 36 heavy (non-hydrogen) atoms. The van der Waals surface area contributed by atoms with E-state index in [2.05, 4.69) is 29.3 Å². The third-order valence-electron chi connectivity index (χ3n) is 5.79. The maximum Gasteiger partial charge on any atom is 0.335 e. The van der Waals surface area contributed by atoms with Crippen LogP contribution in [-0.2, 0) is 11.4 Å². The number of amidine groups is 1. The number of carboxylic acids is 1. The fraction of sp³-hybridized carbons (Fsp3) is 0.0690. The fourth-order valence-electron chi connectivity index (χ4n) is 3.83. The zero-order chi connectivity index (χ0) is 25.1. The summed E-state index contributed by atoms with van der Waals surface area (Å²) in [5.74, 6) is -0.385. The van der Waals surface area contributed by atoms with Crippen LogP contribution in [0.1, 0.15) is 21.5 Å². The standard InChI is InChI=1S/C29H22N2O4S/c1-31-27(32)26(36-29(31)30-23-13-11-21(12-14-23)28(33)34)17-19-9-15-24(16-10-19)35-18-22-7-4-6-20-5-2-3-8-25(20)22/h2-17H,18H2,1H3,(H,33,34)/b26-17-,30-29?. The Labute approximate surface area is 212 Å². The molecule has 4 aromatic carbocycles. The minimum Gasteiger partial charge on any atom is -0.489 e. The van der Waals surface area contributed by atoms with E-state index in [1.54, 1.807) is 19.2 Å². The number of aliphatic imine (C=N–C) groups is 1. The Bertz CT molecular complexity index is 1500. The summed E-state index contributed by atoms with van der Waals surface area (Å²) in [7, 11) is 1.67. The molecule has 1 aliphatic heterocycles. The van der Waals surface area contributed by atoms with Crippen molar-refractivity contribution in [2.24, 2.45) is 4.99 Å². The molecule has 0 saturated carbocycles. The SMILES string of the molecule is CN1C(=O)/C(=C/c2ccc(OCc3cccc4ccccc34)cc2)SC1=Nc1ccc(C(=O)O)cc1. The number of benzene rings is 4. The maximum atomic E-state index is 12.7. The molecule has 0 unspecified atom stereocenters. The van der Waals surface area contributed by atoms with Crippen LogP contribution in [0.15, 0.2) is 101 Å². The van der Waals surface area contributed by atoms with E-state index < -0.39 is 5.97 Å². The molecule has 1 aliphatic rings. The average Bonchev–Trinajstić information content (AvgIpc) is 3.16. The molecule has 0 bridgehead atoms. The van der Waals surface area contributed by atoms with Crippen molar-refractivity contribution in [3.8, 4) is 5.75 Å². The fourth-order valence-corrected chi connectivity index (χ4v) is 4.82. The first-order chi connectivity index (χ1) is 17.5. The number of thioether (sulfide) groups is 1. The summed E-state index contributed by atoms with van der Waals surface area (Å²) < 4.78 is 6.01. The number of carboxylic acid groups (broad SMARTS) is 1. The Morgan fingerprint density at radius 1 is 0.972 bits per heavy atom. The van der Waals surface area contributed by atoms with Gasteiger partial charge in [-0.2, -0.15) is 0 Å². The molecule has 1 saturated heterocycles. The highest BCUT2D eigenvalue weighted by molar-refractivity contribution is 8.18. The van der Waals surface area contributed by atoms with Crippen molar-refractivity contribution < 1.29 is 19.4 Å². The zero-order valence-electron chi connectivity index (χ0n) is 19.4. The summed E-state index contributed by atoms with van der Waals surface area (Å²) in [6, 6.07) is 28.3. The number of hydrogen-bond donors (Lipinski definition) is 1. The molecule has 7 heteroatoms. The monoisotopic (exact) mass is 494 g/mol. The molecule has 5 rings (SSSR count). The summed E-state index contributed by atoms with van der Waals surface area (Å²) in [6.45, 7) is 0.466. The largest absolute Gasteiger partial charge is 0.489 e. The molecule has 0 spiro atoms. The molecular formula is C29H22N2O4S. The van der Waals surface area contributed by atoms with E-state index in [9.17, 15) is 9.59 Å². The first kappa shape index (κ1) is 23.4. The lowest BCUT2D eigenvalue weighted by Crippen LogP contribution is -2.23. The number of rotatable bonds is 6. The van der Waals surface area contributed by atoms with Crippen molar-refractivity contribution in [3.05, 3.63) is 113 Å². The van der Waals surface area contributed by atoms with Gasteiger partial charge in [0, 0.05) is 7.05 Å². The van der Waals surface area contributed by atoms with E-state index >= 15 is 0 Å². The van der Waals surface area contributed by atoms with Crippen LogP contribution < -0.4 is 4.74 Å². The second-order valence-electron chi connectivity index (χ2n) is 8.22. The van der Waals surface area contributed by atoms with Crippen LogP contribution >= 0.6 is 11.8 Å². The summed E-state index contributed by atoms with van der Waals surface area (Å²) in [4.78, 5) is 30.3. The zero-order valence-corrected chi connectivity index (χ0v) is 20.2. The number of amides is 1. The van der Waals surface area contributed by atoms with Crippen molar-refractivity contribution in [1.82, 2.24) is 4.90 Å². The maximum absolute atomic E-state index is 12.7. The van der Waals surface area contributed by atoms with Gasteiger partial charge in [-0.3, -0.25) is 9.69 Å². The van der Waals surface area contributed by atoms with Crippen LogP contribution in [0.3, 0.4) is 0 Å². The van der Waals surface area contributed by atoms with Gasteiger partial charge in [0.1, 0.15) is 12.4 Å². The first-order valence-electron chi connectivity index (χ1n) is 11.3. The molecule has 178 valence electrons. The van der Waals surface area contributed by atoms with Crippen molar-refractivity contribution in [3.63, 3.8) is 0 Å². The average molecular weight is 495 g/mol. The van der Waals surface area contributed by atoms with Crippen LogP contribution in [0.5, 0.6) is 5.75 Å². The molecule has 6 nitrogen and oxygen atoms in total. The number of hydrogen-bond acceptors (Lipinski definition) is 5. The van der Waals surface area contributed by atoms with E-state index in [1.807, 2.05) is 48.5 Å². The highest BCUT2D eigenvalue weighted by atomic mass is 32.2. The number of nitrogens with zero attached hydrogens (tertiary/aromatic N) is 2. The smallest absolute Gasteiger partial charge is 0.335 e. The molecular weight excluding hydrogens is 472 g/mol. The van der Waals surface area contributed by atoms with Crippen molar-refractivity contribution >= 4 is 51.3 Å². The minimum atomic E-state index is -0.994. The lowest BCUT2D eigenvalue weighted by atomic mass is 10.1. The van der Waals surface area contributed by atoms with Crippen LogP contribution in [0.4, 0.5) is 5.69 Å². The molecule has 1 amide bonds. The summed E-state index contributed by atoms with van der Waals surface area (Å²) in [5.41, 5.74) is 2.77. The Balaban J connectivity index is 1.27. The van der Waals surface area contributed by atoms with Crippen LogP contribution in [0.2, 0.25) is 0 Å². The number of carbonyl (C=O) groups excluding carboxylic acids is 1. The van der Waals surface area contributed by atoms with Gasteiger partial charge in [0.05, 0.1) is 16.2 Å². The van der Waals surface area contributed by atoms with Gasteiger partial charge in [-0.1, -0.05) is 54.6 Å². The molecule has 0 radical (unpaired) electrons. The first-order valence-corrected chi connectivity index (χ1v) is 12.1. The summed E-state index contributed by atoms with van der Waals surface area (Å²) in [6.07, 6.45) is 1.83. The number of ether oxygens (including phenoxy) is 1. The molecule has 4 aromatic rings. The lowest BCUT2D eigenvalue weighted by molar-refractivity contribution is -0.121. The highest BCUT2D eigenvalue weighted by Crippen LogP contribution is 2.33. The van der Waals surface area contributed by atoms with Crippen molar-refractivity contribution in [2.45, 2.75) is 6.61 Å². The van der Waals surface area contributed by atoms with Crippen LogP contribution in [-0.4, -0.2) is 34.1 Å². The third kappa shape index (κ3) is 5.01. The van der Waals surface area contributed by atoms with Gasteiger partial charge in [-0.25, -0.2) is 9.79 Å². The Hall–Kier alpha value is -4.36. The lowest BCUT2D eigenvalue weighted by Gasteiger charge is -2.09. The molecule has 1 N–H and O–H groups in total.